The zero-order chi connectivity index (χ0) is 22.1. The molecule has 0 amide bonds. The number of aromatic nitrogens is 1. The molecule has 1 heterocycles. The van der Waals surface area contributed by atoms with E-state index in [0.29, 0.717) is 17.5 Å². The number of rotatable bonds is 4. The average molecular weight is 550 g/mol. The second-order valence-corrected chi connectivity index (χ2v) is 29.5. The van der Waals surface area contributed by atoms with Crippen LogP contribution in [0.25, 0.3) is 10.9 Å². The number of halogens is 7. The van der Waals surface area contributed by atoms with Crippen molar-refractivity contribution in [1.29, 1.82) is 0 Å². The molecule has 1 unspecified atom stereocenters. The van der Waals surface area contributed by atoms with Gasteiger partial charge in [-0.15, -0.1) is 24.8 Å². The van der Waals surface area contributed by atoms with Crippen LogP contribution >= 0.6 is 24.8 Å². The first kappa shape index (κ1) is 26.8. The third kappa shape index (κ3) is 2.59. The maximum atomic E-state index is 17.4. The Labute approximate surface area is 194 Å². The molecule has 2 aliphatic rings. The Kier molecular flexibility index (Phi) is 5.01. The summed E-state index contributed by atoms with van der Waals surface area (Å²) >= 11 is 0. The van der Waals surface area contributed by atoms with E-state index in [4.69, 9.17) is 0 Å². The van der Waals surface area contributed by atoms with Crippen molar-refractivity contribution in [3.05, 3.63) is 89.1 Å². The Morgan fingerprint density at radius 2 is 1.59 bits per heavy atom. The second kappa shape index (κ2) is 5.97. The van der Waals surface area contributed by atoms with Crippen LogP contribution in [0.2, 0.25) is 13.1 Å². The van der Waals surface area contributed by atoms with Gasteiger partial charge in [-0.3, -0.25) is 0 Å². The van der Waals surface area contributed by atoms with Crippen molar-refractivity contribution in [2.24, 2.45) is 0 Å². The van der Waals surface area contributed by atoms with E-state index in [2.05, 4.69) is 4.98 Å². The van der Waals surface area contributed by atoms with Gasteiger partial charge in [-0.2, -0.15) is 0 Å². The van der Waals surface area contributed by atoms with Crippen molar-refractivity contribution < 1.29 is 28.1 Å². The van der Waals surface area contributed by atoms with Gasteiger partial charge in [-0.25, -0.2) is 0 Å². The predicted octanol–water partition coefficient (Wildman–Crippen LogP) is 8.34. The van der Waals surface area contributed by atoms with E-state index in [1.807, 2.05) is 0 Å². The van der Waals surface area contributed by atoms with Crippen molar-refractivity contribution >= 4 is 43.1 Å². The van der Waals surface area contributed by atoms with Gasteiger partial charge in [0, 0.05) is 0 Å². The Balaban J connectivity index is 0.00000181. The van der Waals surface area contributed by atoms with Crippen molar-refractivity contribution in [1.82, 2.24) is 4.98 Å². The van der Waals surface area contributed by atoms with E-state index in [0.717, 1.165) is 25.2 Å². The monoisotopic (exact) mass is 549 g/mol. The molecule has 0 saturated heterocycles. The number of pyridine rings is 1. The Morgan fingerprint density at radius 3 is 2.16 bits per heavy atom. The van der Waals surface area contributed by atoms with Crippen LogP contribution in [0.5, 0.6) is 0 Å². The standard InChI is InChI=1S/C15H12N.C5H5.C2H7Si.2ClH.Cr.5FH/c1-2-6-12(7-3-1)14-10-4-8-13-9-5-11-16-15(13)14;1-2-4-5-3-1;1-3-2;;;;;;;;/h1-6,8-11H,7H2;1-3H,4H2;3H,1-2H3;2*1H;;5*1H/q;;;;;+5;;;;;/p-5. The van der Waals surface area contributed by atoms with Gasteiger partial charge < -0.3 is 0 Å². The molecule has 10 heteroatoms. The molecule has 178 valence electrons. The van der Waals surface area contributed by atoms with E-state index in [-0.39, 0.29) is 30.3 Å². The number of allylic oxidation sites excluding steroid dienone is 8. The summed E-state index contributed by atoms with van der Waals surface area (Å²) in [4.78, 5) is 4.14. The number of para-hydroxylation sites is 1. The van der Waals surface area contributed by atoms with E-state index >= 15 is 17.6 Å². The van der Waals surface area contributed by atoms with Gasteiger partial charge in [0.2, 0.25) is 0 Å². The first-order valence-corrected chi connectivity index (χ1v) is 18.4. The quantitative estimate of drug-likeness (QED) is 0.276. The summed E-state index contributed by atoms with van der Waals surface area (Å²) in [6.07, 6.45) is 6.96. The van der Waals surface area contributed by atoms with Crippen molar-refractivity contribution in [2.75, 3.05) is 0 Å². The fourth-order valence-corrected chi connectivity index (χ4v) is 20.4. The Bertz CT molecular complexity index is 1260. The zero-order valence-corrected chi connectivity index (χ0v) is 21.6. The average Bonchev–Trinajstić information content (AvgIpc) is 3.24. The molecule has 1 aromatic carbocycles. The molecule has 0 spiro atoms. The van der Waals surface area contributed by atoms with Gasteiger partial charge in [-0.1, -0.05) is 0 Å². The minimum atomic E-state index is -12.2. The van der Waals surface area contributed by atoms with Crippen LogP contribution in [0.1, 0.15) is 18.4 Å². The molecule has 1 aromatic heterocycles. The summed E-state index contributed by atoms with van der Waals surface area (Å²) < 4.78 is 82.1. The number of hydrogen-bond acceptors (Lipinski definition) is 1. The van der Waals surface area contributed by atoms with Crippen LogP contribution in [0.15, 0.2) is 83.5 Å². The summed E-state index contributed by atoms with van der Waals surface area (Å²) in [7, 11) is -16.9. The topological polar surface area (TPSA) is 12.9 Å². The van der Waals surface area contributed by atoms with Crippen LogP contribution in [-0.4, -0.2) is 12.3 Å². The molecule has 0 fully saturated rings. The molecule has 0 N–H and O–H groups in total. The fraction of sp³-hybridized carbons (Fsp3) is 0.227. The maximum Gasteiger partial charge on any atom is -0.147 e. The van der Waals surface area contributed by atoms with E-state index in [1.54, 1.807) is 18.2 Å². The van der Waals surface area contributed by atoms with Crippen molar-refractivity contribution in [3.8, 4) is 0 Å². The molecule has 0 bridgehead atoms. The summed E-state index contributed by atoms with van der Waals surface area (Å²) in [5, 5.41) is 0.402. The minimum Gasteiger partial charge on any atom is -0.147 e. The van der Waals surface area contributed by atoms with Crippen LogP contribution in [-0.2, 0) is 14.7 Å². The number of hydrogen-bond donors (Lipinski definition) is 0. The van der Waals surface area contributed by atoms with Gasteiger partial charge in [0.05, 0.1) is 0 Å². The summed E-state index contributed by atoms with van der Waals surface area (Å²) in [6, 6.07) is 7.37. The first-order valence-electron chi connectivity index (χ1n) is 9.77. The molecule has 0 aliphatic heterocycles. The van der Waals surface area contributed by atoms with Crippen molar-refractivity contribution in [2.45, 2.75) is 30.2 Å². The fourth-order valence-electron chi connectivity index (χ4n) is 4.86. The third-order valence-electron chi connectivity index (χ3n) is 7.08. The summed E-state index contributed by atoms with van der Waals surface area (Å²) in [6.45, 7) is 1.47. The summed E-state index contributed by atoms with van der Waals surface area (Å²) in [5.41, 5.74) is -0.512. The number of benzene rings is 1. The predicted molar refractivity (Wildman–Crippen MR) is 127 cm³/mol. The Hall–Kier alpha value is -1.43. The maximum absolute atomic E-state index is 17.4. The number of fused-ring (bicyclic) bond motifs is 1. The molecule has 4 rings (SSSR count). The van der Waals surface area contributed by atoms with Gasteiger partial charge in [0.25, 0.3) is 0 Å². The normalized spacial score (nSPS) is 25.1. The van der Waals surface area contributed by atoms with Crippen LogP contribution in [0.3, 0.4) is 0 Å². The van der Waals surface area contributed by atoms with E-state index in [1.165, 1.54) is 36.6 Å². The Morgan fingerprint density at radius 1 is 0.906 bits per heavy atom. The first-order chi connectivity index (χ1) is 13.6. The van der Waals surface area contributed by atoms with Crippen LogP contribution in [0.4, 0.5) is 17.6 Å². The van der Waals surface area contributed by atoms with Gasteiger partial charge in [0.15, 0.2) is 0 Å². The third-order valence-corrected chi connectivity index (χ3v) is 32.6. The molecule has 2 aliphatic carbocycles. The SMILES string of the molecule is C[SiH](C)[Cr]([F])([F])([F])([F])([F])([C]1=CC=CC1)[C]1(c2cccc3cccnc23)C=CC=CC1.Cl.Cl. The molecular formula is C22H26Cl2CrF5NSi. The molecule has 0 saturated carbocycles. The smallest absolute Gasteiger partial charge is 0.147 e. The molecule has 32 heavy (non-hydrogen) atoms. The van der Waals surface area contributed by atoms with Crippen molar-refractivity contribution in [3.63, 3.8) is 0 Å². The van der Waals surface area contributed by atoms with Gasteiger partial charge in [-0.05, 0) is 0 Å². The molecule has 2 aromatic rings. The molecule has 1 nitrogen and oxygen atoms in total. The van der Waals surface area contributed by atoms with E-state index < -0.39 is 44.9 Å². The summed E-state index contributed by atoms with van der Waals surface area (Å²) in [5.74, 6) is 0. The van der Waals surface area contributed by atoms with Crippen LogP contribution in [0, 0.1) is 0 Å². The minimum absolute atomic E-state index is 0. The molecular weight excluding hydrogens is 524 g/mol. The molecule has 1 atom stereocenters. The van der Waals surface area contributed by atoms with Crippen LogP contribution < -0.4 is 0 Å². The zero-order valence-electron chi connectivity index (χ0n) is 17.6. The largest absolute Gasteiger partial charge is 0.147 e. The number of nitrogens with zero attached hydrogens (tertiary/aromatic N) is 1. The van der Waals surface area contributed by atoms with Gasteiger partial charge in [0.1, 0.15) is 0 Å². The van der Waals surface area contributed by atoms with E-state index in [9.17, 15) is 0 Å². The molecule has 0 radical (unpaired) electrons. The second-order valence-electron chi connectivity index (χ2n) is 8.71. The van der Waals surface area contributed by atoms with Gasteiger partial charge >= 0.3 is 171 Å².